The van der Waals surface area contributed by atoms with Gasteiger partial charge >= 0.3 is 0 Å². The summed E-state index contributed by atoms with van der Waals surface area (Å²) in [5, 5.41) is 0.659. The Morgan fingerprint density at radius 1 is 1.39 bits per heavy atom. The number of piperidine rings is 1. The van der Waals surface area contributed by atoms with Crippen LogP contribution in [0.4, 0.5) is 0 Å². The van der Waals surface area contributed by atoms with Crippen molar-refractivity contribution in [1.82, 2.24) is 4.90 Å². The third kappa shape index (κ3) is 3.16. The fourth-order valence-electron chi connectivity index (χ4n) is 2.47. The zero-order chi connectivity index (χ0) is 13.2. The highest BCUT2D eigenvalue weighted by Gasteiger charge is 2.29. The fraction of sp³-hybridized carbons (Fsp3) is 0.571. The molecule has 1 heterocycles. The van der Waals surface area contributed by atoms with Crippen molar-refractivity contribution >= 4 is 11.6 Å². The molecule has 1 fully saturated rings. The second-order valence-electron chi connectivity index (χ2n) is 5.31. The predicted octanol–water partition coefficient (Wildman–Crippen LogP) is 2.31. The number of nitrogens with zero attached hydrogens (tertiary/aromatic N) is 1. The number of halogens is 1. The molecule has 2 N–H and O–H groups in total. The van der Waals surface area contributed by atoms with Crippen LogP contribution in [0.1, 0.15) is 18.4 Å². The Morgan fingerprint density at radius 2 is 2.06 bits per heavy atom. The van der Waals surface area contributed by atoms with Crippen LogP contribution in [0.25, 0.3) is 0 Å². The van der Waals surface area contributed by atoms with Gasteiger partial charge in [-0.1, -0.05) is 17.7 Å². The van der Waals surface area contributed by atoms with Crippen LogP contribution < -0.4 is 10.5 Å². The average molecular weight is 269 g/mol. The monoisotopic (exact) mass is 268 g/mol. The van der Waals surface area contributed by atoms with Gasteiger partial charge in [0.25, 0.3) is 0 Å². The first-order valence-electron chi connectivity index (χ1n) is 6.32. The van der Waals surface area contributed by atoms with Crippen LogP contribution in [0, 0.1) is 0 Å². The zero-order valence-corrected chi connectivity index (χ0v) is 11.8. The van der Waals surface area contributed by atoms with Crippen LogP contribution in [-0.2, 0) is 6.42 Å². The van der Waals surface area contributed by atoms with Crippen LogP contribution in [0.3, 0.4) is 0 Å². The smallest absolute Gasteiger partial charge is 0.137 e. The Labute approximate surface area is 114 Å². The summed E-state index contributed by atoms with van der Waals surface area (Å²) < 4.78 is 5.16. The van der Waals surface area contributed by atoms with Gasteiger partial charge in [0.15, 0.2) is 0 Å². The number of methoxy groups -OCH3 is 1. The van der Waals surface area contributed by atoms with Crippen LogP contribution in [0.5, 0.6) is 5.75 Å². The van der Waals surface area contributed by atoms with Crippen molar-refractivity contribution in [3.8, 4) is 5.75 Å². The van der Waals surface area contributed by atoms with Crippen LogP contribution in [0.2, 0.25) is 5.02 Å². The lowest BCUT2D eigenvalue weighted by Crippen LogP contribution is -2.50. The molecular formula is C14H21ClN2O. The van der Waals surface area contributed by atoms with Crippen molar-refractivity contribution in [2.24, 2.45) is 5.73 Å². The minimum Gasteiger partial charge on any atom is -0.495 e. The van der Waals surface area contributed by atoms with Crippen molar-refractivity contribution in [2.75, 3.05) is 27.2 Å². The number of hydrogen-bond acceptors (Lipinski definition) is 3. The van der Waals surface area contributed by atoms with E-state index in [2.05, 4.69) is 18.0 Å². The van der Waals surface area contributed by atoms with E-state index in [-0.39, 0.29) is 5.54 Å². The van der Waals surface area contributed by atoms with Gasteiger partial charge in [-0.05, 0) is 57.1 Å². The molecule has 0 radical (unpaired) electrons. The molecule has 0 spiro atoms. The summed E-state index contributed by atoms with van der Waals surface area (Å²) in [4.78, 5) is 2.33. The maximum Gasteiger partial charge on any atom is 0.137 e. The van der Waals surface area contributed by atoms with Gasteiger partial charge in [0.05, 0.1) is 12.1 Å². The second-order valence-corrected chi connectivity index (χ2v) is 5.72. The van der Waals surface area contributed by atoms with Gasteiger partial charge in [-0.15, -0.1) is 0 Å². The molecule has 3 nitrogen and oxygen atoms in total. The minimum atomic E-state index is -0.0928. The summed E-state index contributed by atoms with van der Waals surface area (Å²) in [5.41, 5.74) is 7.57. The summed E-state index contributed by atoms with van der Waals surface area (Å²) >= 11 is 6.14. The molecule has 1 aliphatic rings. The summed E-state index contributed by atoms with van der Waals surface area (Å²) in [6.45, 7) is 2.14. The summed E-state index contributed by atoms with van der Waals surface area (Å²) in [5.74, 6) is 0.717. The quantitative estimate of drug-likeness (QED) is 0.914. The van der Waals surface area contributed by atoms with Crippen molar-refractivity contribution in [3.63, 3.8) is 0 Å². The normalized spacial score (nSPS) is 19.8. The number of hydrogen-bond donors (Lipinski definition) is 1. The highest BCUT2D eigenvalue weighted by Crippen LogP contribution is 2.29. The highest BCUT2D eigenvalue weighted by atomic mass is 35.5. The summed E-state index contributed by atoms with van der Waals surface area (Å²) in [6.07, 6.45) is 2.95. The van der Waals surface area contributed by atoms with Gasteiger partial charge in [-0.2, -0.15) is 0 Å². The molecule has 0 aromatic heterocycles. The lowest BCUT2D eigenvalue weighted by molar-refractivity contribution is 0.190. The highest BCUT2D eigenvalue weighted by molar-refractivity contribution is 6.32. The van der Waals surface area contributed by atoms with E-state index in [0.717, 1.165) is 38.1 Å². The third-order valence-electron chi connectivity index (χ3n) is 3.76. The Balaban J connectivity index is 2.07. The molecule has 4 heteroatoms. The van der Waals surface area contributed by atoms with E-state index < -0.39 is 0 Å². The molecular weight excluding hydrogens is 248 g/mol. The van der Waals surface area contributed by atoms with E-state index in [1.807, 2.05) is 12.1 Å². The zero-order valence-electron chi connectivity index (χ0n) is 11.1. The number of nitrogens with two attached hydrogens (primary N) is 1. The maximum absolute atomic E-state index is 6.47. The minimum absolute atomic E-state index is 0.0928. The van der Waals surface area contributed by atoms with Crippen LogP contribution >= 0.6 is 11.6 Å². The maximum atomic E-state index is 6.47. The Morgan fingerprint density at radius 3 is 2.61 bits per heavy atom. The van der Waals surface area contributed by atoms with Crippen LogP contribution in [-0.4, -0.2) is 37.7 Å². The summed E-state index contributed by atoms with van der Waals surface area (Å²) in [7, 11) is 3.77. The standard InChI is InChI=1S/C14H21ClN2O/c1-17-7-5-14(16,6-8-17)10-11-3-4-13(18-2)12(15)9-11/h3-4,9H,5-8,10,16H2,1-2H3. The van der Waals surface area contributed by atoms with E-state index in [1.165, 1.54) is 5.56 Å². The van der Waals surface area contributed by atoms with Gasteiger partial charge in [0, 0.05) is 5.54 Å². The molecule has 18 heavy (non-hydrogen) atoms. The Hall–Kier alpha value is -0.770. The molecule has 0 unspecified atom stereocenters. The van der Waals surface area contributed by atoms with Gasteiger partial charge in [-0.25, -0.2) is 0 Å². The Bertz CT molecular complexity index is 414. The second kappa shape index (κ2) is 5.47. The van der Waals surface area contributed by atoms with Crippen molar-refractivity contribution < 1.29 is 4.74 Å². The van der Waals surface area contributed by atoms with Gasteiger partial charge in [0.1, 0.15) is 5.75 Å². The first-order chi connectivity index (χ1) is 8.52. The average Bonchev–Trinajstić information content (AvgIpc) is 2.34. The number of ether oxygens (including phenoxy) is 1. The molecule has 0 bridgehead atoms. The van der Waals surface area contributed by atoms with E-state index in [1.54, 1.807) is 7.11 Å². The van der Waals surface area contributed by atoms with Crippen LogP contribution in [0.15, 0.2) is 18.2 Å². The molecule has 0 aliphatic carbocycles. The molecule has 0 amide bonds. The summed E-state index contributed by atoms with van der Waals surface area (Å²) in [6, 6.07) is 5.93. The lowest BCUT2D eigenvalue weighted by atomic mass is 9.83. The fourth-order valence-corrected chi connectivity index (χ4v) is 2.75. The Kier molecular flexibility index (Phi) is 4.15. The topological polar surface area (TPSA) is 38.5 Å². The first kappa shape index (κ1) is 13.7. The molecule has 1 saturated heterocycles. The molecule has 1 aromatic carbocycles. The number of benzene rings is 1. The molecule has 0 atom stereocenters. The molecule has 0 saturated carbocycles. The van der Waals surface area contributed by atoms with Gasteiger partial charge < -0.3 is 15.4 Å². The van der Waals surface area contributed by atoms with Gasteiger partial charge in [0.2, 0.25) is 0 Å². The van der Waals surface area contributed by atoms with E-state index in [0.29, 0.717) is 5.02 Å². The van der Waals surface area contributed by atoms with Crippen molar-refractivity contribution in [1.29, 1.82) is 0 Å². The number of likely N-dealkylation sites (tertiary alicyclic amines) is 1. The SMILES string of the molecule is COc1ccc(CC2(N)CCN(C)CC2)cc1Cl. The first-order valence-corrected chi connectivity index (χ1v) is 6.70. The molecule has 100 valence electrons. The third-order valence-corrected chi connectivity index (χ3v) is 4.05. The lowest BCUT2D eigenvalue weighted by Gasteiger charge is -2.37. The molecule has 2 rings (SSSR count). The van der Waals surface area contributed by atoms with E-state index in [4.69, 9.17) is 22.1 Å². The van der Waals surface area contributed by atoms with Crippen molar-refractivity contribution in [3.05, 3.63) is 28.8 Å². The predicted molar refractivity (Wildman–Crippen MR) is 75.4 cm³/mol. The molecule has 1 aliphatic heterocycles. The van der Waals surface area contributed by atoms with E-state index >= 15 is 0 Å². The largest absolute Gasteiger partial charge is 0.495 e. The number of rotatable bonds is 3. The van der Waals surface area contributed by atoms with Gasteiger partial charge in [-0.3, -0.25) is 0 Å². The van der Waals surface area contributed by atoms with E-state index in [9.17, 15) is 0 Å². The van der Waals surface area contributed by atoms with Crippen molar-refractivity contribution in [2.45, 2.75) is 24.8 Å². The molecule has 1 aromatic rings.